The van der Waals surface area contributed by atoms with E-state index >= 15 is 0 Å². The van der Waals surface area contributed by atoms with Gasteiger partial charge in [-0.25, -0.2) is 12.7 Å². The summed E-state index contributed by atoms with van der Waals surface area (Å²) in [6.45, 7) is 3.24. The molecule has 0 saturated carbocycles. The van der Waals surface area contributed by atoms with Gasteiger partial charge in [-0.05, 0) is 0 Å². The topological polar surface area (TPSA) is 58.6 Å². The highest BCUT2D eigenvalue weighted by atomic mass is 32.2. The van der Waals surface area contributed by atoms with Crippen LogP contribution in [0.4, 0.5) is 0 Å². The lowest BCUT2D eigenvalue weighted by molar-refractivity contribution is 0.146. The Morgan fingerprint density at radius 2 is 2.29 bits per heavy atom. The fraction of sp³-hybridized carbons (Fsp3) is 1.00. The third-order valence-corrected chi connectivity index (χ3v) is 3.57. The van der Waals surface area contributed by atoms with Crippen molar-refractivity contribution in [3.05, 3.63) is 0 Å². The van der Waals surface area contributed by atoms with Crippen LogP contribution in [-0.2, 0) is 14.8 Å². The molecule has 0 aliphatic carbocycles. The minimum atomic E-state index is -3.06. The van der Waals surface area contributed by atoms with Crippen LogP contribution in [0.3, 0.4) is 0 Å². The second-order valence-electron chi connectivity index (χ2n) is 3.65. The largest absolute Gasteiger partial charge is 0.384 e. The maximum absolute atomic E-state index is 11.3. The number of nitrogens with zero attached hydrogens (tertiary/aromatic N) is 1. The van der Waals surface area contributed by atoms with Gasteiger partial charge in [-0.3, -0.25) is 0 Å². The molecule has 0 bridgehead atoms. The molecular formula is C8H18N2O3S. The fourth-order valence-electron chi connectivity index (χ4n) is 1.60. The van der Waals surface area contributed by atoms with E-state index in [1.807, 2.05) is 0 Å². The zero-order chi connectivity index (χ0) is 10.6. The van der Waals surface area contributed by atoms with Crippen LogP contribution in [0, 0.1) is 5.92 Å². The van der Waals surface area contributed by atoms with Gasteiger partial charge in [0.2, 0.25) is 10.0 Å². The van der Waals surface area contributed by atoms with Crippen molar-refractivity contribution in [2.24, 2.45) is 5.92 Å². The van der Waals surface area contributed by atoms with Gasteiger partial charge in [-0.15, -0.1) is 0 Å². The van der Waals surface area contributed by atoms with E-state index in [9.17, 15) is 8.42 Å². The van der Waals surface area contributed by atoms with Crippen LogP contribution in [0.1, 0.15) is 0 Å². The average Bonchev–Trinajstić information content (AvgIpc) is 2.29. The molecule has 1 unspecified atom stereocenters. The number of sulfonamides is 1. The summed E-state index contributed by atoms with van der Waals surface area (Å²) < 4.78 is 29.2. The van der Waals surface area contributed by atoms with Crippen molar-refractivity contribution >= 4 is 10.0 Å². The molecule has 1 saturated heterocycles. The second kappa shape index (κ2) is 5.06. The second-order valence-corrected chi connectivity index (χ2v) is 5.63. The van der Waals surface area contributed by atoms with Gasteiger partial charge in [0.1, 0.15) is 0 Å². The normalized spacial score (nSPS) is 26.0. The van der Waals surface area contributed by atoms with Gasteiger partial charge in [-0.2, -0.15) is 0 Å². The molecule has 6 heteroatoms. The Morgan fingerprint density at radius 3 is 2.86 bits per heavy atom. The summed E-state index contributed by atoms with van der Waals surface area (Å²) in [5, 5.41) is 3.20. The van der Waals surface area contributed by atoms with Crippen LogP contribution in [0.15, 0.2) is 0 Å². The zero-order valence-corrected chi connectivity index (χ0v) is 9.51. The van der Waals surface area contributed by atoms with E-state index in [1.54, 1.807) is 7.11 Å². The van der Waals surface area contributed by atoms with Crippen LogP contribution in [0.5, 0.6) is 0 Å². The molecule has 84 valence electrons. The summed E-state index contributed by atoms with van der Waals surface area (Å²) in [6.07, 6.45) is 1.25. The average molecular weight is 222 g/mol. The first kappa shape index (κ1) is 11.9. The molecule has 1 atom stereocenters. The van der Waals surface area contributed by atoms with Gasteiger partial charge in [0, 0.05) is 39.2 Å². The molecule has 0 radical (unpaired) electrons. The van der Waals surface area contributed by atoms with Crippen LogP contribution in [-0.4, -0.2) is 58.9 Å². The molecule has 1 N–H and O–H groups in total. The maximum Gasteiger partial charge on any atom is 0.211 e. The van der Waals surface area contributed by atoms with Gasteiger partial charge in [0.25, 0.3) is 0 Å². The quantitative estimate of drug-likeness (QED) is 0.673. The van der Waals surface area contributed by atoms with Crippen LogP contribution < -0.4 is 5.32 Å². The number of hydrogen-bond donors (Lipinski definition) is 1. The molecule has 14 heavy (non-hydrogen) atoms. The van der Waals surface area contributed by atoms with E-state index in [2.05, 4.69) is 5.32 Å². The predicted octanol–water partition coefficient (Wildman–Crippen LogP) is -0.886. The Bertz CT molecular complexity index is 266. The predicted molar refractivity (Wildman–Crippen MR) is 54.7 cm³/mol. The maximum atomic E-state index is 11.3. The first-order valence-electron chi connectivity index (χ1n) is 4.69. The first-order chi connectivity index (χ1) is 6.54. The van der Waals surface area contributed by atoms with E-state index < -0.39 is 10.0 Å². The highest BCUT2D eigenvalue weighted by molar-refractivity contribution is 7.88. The molecule has 1 heterocycles. The Kier molecular flexibility index (Phi) is 4.31. The molecule has 1 fully saturated rings. The Balaban J connectivity index is 2.60. The summed E-state index contributed by atoms with van der Waals surface area (Å²) >= 11 is 0. The van der Waals surface area contributed by atoms with Gasteiger partial charge in [0.05, 0.1) is 12.9 Å². The lowest BCUT2D eigenvalue weighted by Crippen LogP contribution is -2.36. The van der Waals surface area contributed by atoms with Crippen molar-refractivity contribution in [3.63, 3.8) is 0 Å². The Hall–Kier alpha value is -0.170. The highest BCUT2D eigenvalue weighted by Crippen LogP contribution is 2.07. The molecule has 5 nitrogen and oxygen atoms in total. The SMILES string of the molecule is COCC1CNCCN(S(C)(=O)=O)C1. The Labute approximate surface area is 85.5 Å². The molecule has 0 aromatic carbocycles. The summed E-state index contributed by atoms with van der Waals surface area (Å²) in [5.41, 5.74) is 0. The molecule has 0 spiro atoms. The minimum absolute atomic E-state index is 0.247. The van der Waals surface area contributed by atoms with Crippen LogP contribution >= 0.6 is 0 Å². The highest BCUT2D eigenvalue weighted by Gasteiger charge is 2.23. The van der Waals surface area contributed by atoms with E-state index in [0.29, 0.717) is 26.2 Å². The number of ether oxygens (including phenoxy) is 1. The lowest BCUT2D eigenvalue weighted by atomic mass is 10.1. The lowest BCUT2D eigenvalue weighted by Gasteiger charge is -2.20. The van der Waals surface area contributed by atoms with Gasteiger partial charge in [0.15, 0.2) is 0 Å². The number of methoxy groups -OCH3 is 1. The van der Waals surface area contributed by atoms with Crippen molar-refractivity contribution in [2.75, 3.05) is 46.2 Å². The molecule has 1 aliphatic heterocycles. The number of hydrogen-bond acceptors (Lipinski definition) is 4. The van der Waals surface area contributed by atoms with Gasteiger partial charge < -0.3 is 10.1 Å². The van der Waals surface area contributed by atoms with Gasteiger partial charge in [-0.1, -0.05) is 0 Å². The molecule has 1 rings (SSSR count). The van der Waals surface area contributed by atoms with E-state index in [0.717, 1.165) is 6.54 Å². The minimum Gasteiger partial charge on any atom is -0.384 e. The Morgan fingerprint density at radius 1 is 1.57 bits per heavy atom. The number of nitrogens with one attached hydrogen (secondary N) is 1. The van der Waals surface area contributed by atoms with Crippen molar-refractivity contribution in [3.8, 4) is 0 Å². The first-order valence-corrected chi connectivity index (χ1v) is 6.53. The smallest absolute Gasteiger partial charge is 0.211 e. The summed E-state index contributed by atoms with van der Waals surface area (Å²) in [6, 6.07) is 0. The molecule has 1 aliphatic rings. The molecular weight excluding hydrogens is 204 g/mol. The van der Waals surface area contributed by atoms with Crippen molar-refractivity contribution < 1.29 is 13.2 Å². The van der Waals surface area contributed by atoms with E-state index in [1.165, 1.54) is 10.6 Å². The van der Waals surface area contributed by atoms with Crippen LogP contribution in [0.2, 0.25) is 0 Å². The third-order valence-electron chi connectivity index (χ3n) is 2.30. The zero-order valence-electron chi connectivity index (χ0n) is 8.69. The third kappa shape index (κ3) is 3.53. The monoisotopic (exact) mass is 222 g/mol. The number of rotatable bonds is 3. The standard InChI is InChI=1S/C8H18N2O3S/c1-13-7-8-5-9-3-4-10(6-8)14(2,11)12/h8-9H,3-7H2,1-2H3. The molecule has 0 amide bonds. The van der Waals surface area contributed by atoms with Gasteiger partial charge >= 0.3 is 0 Å². The fourth-order valence-corrected chi connectivity index (χ4v) is 2.51. The van der Waals surface area contributed by atoms with Crippen molar-refractivity contribution in [2.45, 2.75) is 0 Å². The van der Waals surface area contributed by atoms with E-state index in [4.69, 9.17) is 4.74 Å². The summed E-state index contributed by atoms with van der Waals surface area (Å²) in [4.78, 5) is 0. The van der Waals surface area contributed by atoms with E-state index in [-0.39, 0.29) is 5.92 Å². The van der Waals surface area contributed by atoms with Crippen molar-refractivity contribution in [1.82, 2.24) is 9.62 Å². The summed E-state index contributed by atoms with van der Waals surface area (Å²) in [5.74, 6) is 0.247. The molecule has 0 aromatic heterocycles. The van der Waals surface area contributed by atoms with Crippen LogP contribution in [0.25, 0.3) is 0 Å². The summed E-state index contributed by atoms with van der Waals surface area (Å²) in [7, 11) is -1.43. The molecule has 0 aromatic rings. The van der Waals surface area contributed by atoms with Crippen molar-refractivity contribution in [1.29, 1.82) is 0 Å².